The fourth-order valence-corrected chi connectivity index (χ4v) is 2.29. The third kappa shape index (κ3) is 2.90. The van der Waals surface area contributed by atoms with Crippen LogP contribution in [-0.2, 0) is 6.42 Å². The van der Waals surface area contributed by atoms with Gasteiger partial charge in [0, 0.05) is 10.5 Å². The number of hydrogen-bond acceptors (Lipinski definition) is 3. The lowest BCUT2D eigenvalue weighted by atomic mass is 10.0. The summed E-state index contributed by atoms with van der Waals surface area (Å²) in [4.78, 5) is 0. The molecule has 0 fully saturated rings. The molecule has 1 atom stereocenters. The highest BCUT2D eigenvalue weighted by molar-refractivity contribution is 9.13. The Morgan fingerprint density at radius 1 is 1.44 bits per heavy atom. The lowest BCUT2D eigenvalue weighted by molar-refractivity contribution is 0.371. The van der Waals surface area contributed by atoms with Gasteiger partial charge in [0.05, 0.1) is 11.6 Å². The first-order chi connectivity index (χ1) is 7.51. The van der Waals surface area contributed by atoms with Crippen molar-refractivity contribution in [3.63, 3.8) is 0 Å². The first-order valence-electron chi connectivity index (χ1n) is 5.00. The average molecular weight is 353 g/mol. The smallest absolute Gasteiger partial charge is 0.173 e. The number of phenols is 1. The summed E-state index contributed by atoms with van der Waals surface area (Å²) < 4.78 is 6.53. The normalized spacial score (nSPS) is 12.6. The molecule has 0 aromatic heterocycles. The Labute approximate surface area is 112 Å². The van der Waals surface area contributed by atoms with Gasteiger partial charge in [0.1, 0.15) is 0 Å². The molecule has 3 nitrogen and oxygen atoms in total. The van der Waals surface area contributed by atoms with Crippen LogP contribution in [-0.4, -0.2) is 18.3 Å². The molecule has 0 heterocycles. The van der Waals surface area contributed by atoms with Crippen LogP contribution in [0.3, 0.4) is 0 Å². The summed E-state index contributed by atoms with van der Waals surface area (Å²) in [7, 11) is 1.53. The van der Waals surface area contributed by atoms with Crippen LogP contribution in [0.2, 0.25) is 0 Å². The van der Waals surface area contributed by atoms with Crippen LogP contribution >= 0.6 is 31.9 Å². The van der Waals surface area contributed by atoms with Crippen LogP contribution in [0.1, 0.15) is 18.9 Å². The van der Waals surface area contributed by atoms with Crippen molar-refractivity contribution in [1.29, 1.82) is 0 Å². The van der Waals surface area contributed by atoms with Gasteiger partial charge in [0.25, 0.3) is 0 Å². The largest absolute Gasteiger partial charge is 0.503 e. The highest BCUT2D eigenvalue weighted by Crippen LogP contribution is 2.41. The Morgan fingerprint density at radius 2 is 2.06 bits per heavy atom. The Morgan fingerprint density at radius 3 is 2.56 bits per heavy atom. The van der Waals surface area contributed by atoms with Gasteiger partial charge in [0.15, 0.2) is 11.5 Å². The molecule has 90 valence electrons. The second-order valence-electron chi connectivity index (χ2n) is 3.59. The SMILES string of the molecule is CCC(N)Cc1cc(OC)c(O)c(Br)c1Br. The van der Waals surface area contributed by atoms with Crippen molar-refractivity contribution in [3.8, 4) is 11.5 Å². The average Bonchev–Trinajstić information content (AvgIpc) is 2.29. The summed E-state index contributed by atoms with van der Waals surface area (Å²) in [5.41, 5.74) is 6.94. The molecule has 1 unspecified atom stereocenters. The van der Waals surface area contributed by atoms with E-state index in [0.29, 0.717) is 10.2 Å². The second-order valence-corrected chi connectivity index (χ2v) is 5.17. The molecular formula is C11H15Br2NO2. The third-order valence-electron chi connectivity index (χ3n) is 2.45. The number of ether oxygens (including phenoxy) is 1. The van der Waals surface area contributed by atoms with Crippen molar-refractivity contribution in [2.24, 2.45) is 5.73 Å². The molecule has 0 bridgehead atoms. The Bertz CT molecular complexity index is 383. The van der Waals surface area contributed by atoms with Crippen molar-refractivity contribution >= 4 is 31.9 Å². The number of aromatic hydroxyl groups is 1. The van der Waals surface area contributed by atoms with Crippen molar-refractivity contribution in [3.05, 3.63) is 20.6 Å². The van der Waals surface area contributed by atoms with E-state index in [1.165, 1.54) is 7.11 Å². The van der Waals surface area contributed by atoms with E-state index in [2.05, 4.69) is 31.9 Å². The molecule has 0 aliphatic rings. The van der Waals surface area contributed by atoms with Crippen LogP contribution in [0.4, 0.5) is 0 Å². The maximum absolute atomic E-state index is 9.76. The number of rotatable bonds is 4. The molecule has 0 saturated carbocycles. The van der Waals surface area contributed by atoms with E-state index < -0.39 is 0 Å². The van der Waals surface area contributed by atoms with Gasteiger partial charge in [-0.1, -0.05) is 6.92 Å². The highest BCUT2D eigenvalue weighted by atomic mass is 79.9. The summed E-state index contributed by atoms with van der Waals surface area (Å²) in [6.07, 6.45) is 1.65. The monoisotopic (exact) mass is 351 g/mol. The summed E-state index contributed by atoms with van der Waals surface area (Å²) in [6.45, 7) is 2.05. The van der Waals surface area contributed by atoms with Crippen LogP contribution in [0.15, 0.2) is 15.0 Å². The van der Waals surface area contributed by atoms with E-state index in [9.17, 15) is 5.11 Å². The Hall–Kier alpha value is -0.260. The first-order valence-corrected chi connectivity index (χ1v) is 6.59. The minimum atomic E-state index is 0.100. The van der Waals surface area contributed by atoms with Crippen LogP contribution < -0.4 is 10.5 Å². The van der Waals surface area contributed by atoms with Gasteiger partial charge < -0.3 is 15.6 Å². The lowest BCUT2D eigenvalue weighted by Gasteiger charge is -2.14. The number of halogens is 2. The van der Waals surface area contributed by atoms with Gasteiger partial charge in [-0.2, -0.15) is 0 Å². The van der Waals surface area contributed by atoms with E-state index >= 15 is 0 Å². The van der Waals surface area contributed by atoms with E-state index in [4.69, 9.17) is 10.5 Å². The van der Waals surface area contributed by atoms with Gasteiger partial charge in [-0.25, -0.2) is 0 Å². The number of methoxy groups -OCH3 is 1. The predicted octanol–water partition coefficient (Wildman–Crippen LogP) is 3.21. The number of phenolic OH excluding ortho intramolecular Hbond substituents is 1. The molecule has 1 aromatic rings. The third-order valence-corrected chi connectivity index (χ3v) is 4.66. The van der Waals surface area contributed by atoms with Gasteiger partial charge in [-0.05, 0) is 56.3 Å². The molecule has 0 aliphatic heterocycles. The molecular weight excluding hydrogens is 338 g/mol. The van der Waals surface area contributed by atoms with Crippen molar-refractivity contribution < 1.29 is 9.84 Å². The molecule has 0 radical (unpaired) electrons. The Balaban J connectivity index is 3.14. The maximum Gasteiger partial charge on any atom is 0.173 e. The van der Waals surface area contributed by atoms with Gasteiger partial charge in [-0.3, -0.25) is 0 Å². The molecule has 0 spiro atoms. The molecule has 1 aromatic carbocycles. The van der Waals surface area contributed by atoms with Crippen molar-refractivity contribution in [1.82, 2.24) is 0 Å². The number of benzene rings is 1. The molecule has 0 saturated heterocycles. The zero-order valence-corrected chi connectivity index (χ0v) is 12.4. The molecule has 3 N–H and O–H groups in total. The summed E-state index contributed by atoms with van der Waals surface area (Å²) in [5.74, 6) is 0.552. The van der Waals surface area contributed by atoms with E-state index in [0.717, 1.165) is 22.9 Å². The highest BCUT2D eigenvalue weighted by Gasteiger charge is 2.15. The fraction of sp³-hybridized carbons (Fsp3) is 0.455. The molecule has 1 rings (SSSR count). The zero-order valence-electron chi connectivity index (χ0n) is 9.26. The molecule has 5 heteroatoms. The van der Waals surface area contributed by atoms with Gasteiger partial charge >= 0.3 is 0 Å². The first kappa shape index (κ1) is 13.8. The fourth-order valence-electron chi connectivity index (χ4n) is 1.37. The maximum atomic E-state index is 9.76. The topological polar surface area (TPSA) is 55.5 Å². The Kier molecular flexibility index (Phi) is 5.08. The minimum Gasteiger partial charge on any atom is -0.503 e. The van der Waals surface area contributed by atoms with Gasteiger partial charge in [0.2, 0.25) is 0 Å². The molecule has 0 aliphatic carbocycles. The molecule has 0 amide bonds. The lowest BCUT2D eigenvalue weighted by Crippen LogP contribution is -2.21. The summed E-state index contributed by atoms with van der Waals surface area (Å²) in [6, 6.07) is 1.91. The summed E-state index contributed by atoms with van der Waals surface area (Å²) >= 11 is 6.75. The van der Waals surface area contributed by atoms with Gasteiger partial charge in [-0.15, -0.1) is 0 Å². The minimum absolute atomic E-state index is 0.100. The van der Waals surface area contributed by atoms with Crippen LogP contribution in [0.5, 0.6) is 11.5 Å². The number of hydrogen-bond donors (Lipinski definition) is 2. The van der Waals surface area contributed by atoms with Crippen LogP contribution in [0.25, 0.3) is 0 Å². The predicted molar refractivity (Wildman–Crippen MR) is 72.0 cm³/mol. The van der Waals surface area contributed by atoms with E-state index in [-0.39, 0.29) is 11.8 Å². The second kappa shape index (κ2) is 5.89. The quantitative estimate of drug-likeness (QED) is 0.874. The molecule has 16 heavy (non-hydrogen) atoms. The summed E-state index contributed by atoms with van der Waals surface area (Å²) in [5, 5.41) is 9.76. The zero-order chi connectivity index (χ0) is 12.3. The van der Waals surface area contributed by atoms with Crippen LogP contribution in [0, 0.1) is 0 Å². The van der Waals surface area contributed by atoms with Crippen molar-refractivity contribution in [2.45, 2.75) is 25.8 Å². The van der Waals surface area contributed by atoms with E-state index in [1.807, 2.05) is 6.92 Å². The van der Waals surface area contributed by atoms with Crippen molar-refractivity contribution in [2.75, 3.05) is 7.11 Å². The number of nitrogens with two attached hydrogens (primary N) is 1. The standard InChI is InChI=1S/C11H15Br2NO2/c1-3-7(14)4-6-5-8(16-2)11(15)10(13)9(6)12/h5,7,15H,3-4,14H2,1-2H3. The van der Waals surface area contributed by atoms with E-state index in [1.54, 1.807) is 6.07 Å².